The summed E-state index contributed by atoms with van der Waals surface area (Å²) in [5.41, 5.74) is -0.262. The second-order valence-electron chi connectivity index (χ2n) is 6.34. The largest absolute Gasteiger partial charge is 0.507 e. The van der Waals surface area contributed by atoms with Gasteiger partial charge in [0.25, 0.3) is 0 Å². The number of rotatable bonds is 3. The van der Waals surface area contributed by atoms with Crippen molar-refractivity contribution >= 4 is 5.95 Å². The quantitative estimate of drug-likeness (QED) is 0.757. The van der Waals surface area contributed by atoms with E-state index in [2.05, 4.69) is 20.5 Å². The molecule has 1 aliphatic rings. The number of likely N-dealkylation sites (tertiary alicyclic amines) is 1. The zero-order valence-electron chi connectivity index (χ0n) is 14.1. The molecule has 1 fully saturated rings. The molecule has 0 bridgehead atoms. The van der Waals surface area contributed by atoms with Gasteiger partial charge in [0, 0.05) is 18.7 Å². The van der Waals surface area contributed by atoms with Crippen LogP contribution in [-0.2, 0) is 6.18 Å². The summed E-state index contributed by atoms with van der Waals surface area (Å²) >= 11 is 0. The van der Waals surface area contributed by atoms with Gasteiger partial charge in [-0.3, -0.25) is 0 Å². The van der Waals surface area contributed by atoms with Crippen LogP contribution in [0, 0.1) is 6.92 Å². The van der Waals surface area contributed by atoms with Crippen LogP contribution in [0.15, 0.2) is 18.2 Å². The number of phenols is 1. The van der Waals surface area contributed by atoms with Crippen molar-refractivity contribution in [3.63, 3.8) is 0 Å². The standard InChI is InChI=1S/C16H18F3N5O2/c1-8-14(10-4-3-9(5-12(10)25)16(17,18)19)22-23-15(20-8)21-11-6-24(2)7-13(11)26/h3-5,11,13,25-26H,6-7H2,1-2H3,(H,20,21,23)/t11-,13-/m1/s1. The molecule has 2 aromatic rings. The third kappa shape index (κ3) is 3.70. The van der Waals surface area contributed by atoms with Crippen LogP contribution in [0.4, 0.5) is 19.1 Å². The summed E-state index contributed by atoms with van der Waals surface area (Å²) in [5.74, 6) is -0.343. The first-order valence-electron chi connectivity index (χ1n) is 7.90. The average Bonchev–Trinajstić information content (AvgIpc) is 2.84. The average molecular weight is 369 g/mol. The Hall–Kier alpha value is -2.46. The Morgan fingerprint density at radius 3 is 2.50 bits per heavy atom. The molecule has 0 aliphatic carbocycles. The van der Waals surface area contributed by atoms with E-state index in [0.717, 1.165) is 12.1 Å². The predicted molar refractivity (Wildman–Crippen MR) is 87.6 cm³/mol. The summed E-state index contributed by atoms with van der Waals surface area (Å²) in [6, 6.07) is 2.41. The molecule has 0 saturated carbocycles. The van der Waals surface area contributed by atoms with Gasteiger partial charge in [-0.25, -0.2) is 4.98 Å². The second kappa shape index (κ2) is 6.69. The van der Waals surface area contributed by atoms with E-state index in [1.165, 1.54) is 0 Å². The molecule has 1 aromatic heterocycles. The number of alkyl halides is 3. The van der Waals surface area contributed by atoms with Gasteiger partial charge in [-0.2, -0.15) is 13.2 Å². The van der Waals surface area contributed by atoms with Crippen LogP contribution in [0.2, 0.25) is 0 Å². The van der Waals surface area contributed by atoms with Crippen molar-refractivity contribution in [3.05, 3.63) is 29.5 Å². The molecule has 1 aromatic carbocycles. The Bertz CT molecular complexity index is 815. The minimum atomic E-state index is -4.54. The number of β-amino-alcohol motifs (C(OH)–C–C–N with tert-alkyl or cyclic N) is 1. The third-order valence-corrected chi connectivity index (χ3v) is 4.23. The number of aliphatic hydroxyl groups is 1. The Labute approximate surface area is 147 Å². The van der Waals surface area contributed by atoms with Gasteiger partial charge < -0.3 is 20.4 Å². The summed E-state index contributed by atoms with van der Waals surface area (Å²) in [5, 5.41) is 30.8. The topological polar surface area (TPSA) is 94.4 Å². The minimum Gasteiger partial charge on any atom is -0.507 e. The van der Waals surface area contributed by atoms with Gasteiger partial charge in [0.15, 0.2) is 0 Å². The number of phenolic OH excluding ortho intramolecular Hbond substituents is 1. The smallest absolute Gasteiger partial charge is 0.416 e. The lowest BCUT2D eigenvalue weighted by Crippen LogP contribution is -2.33. The number of benzene rings is 1. The van der Waals surface area contributed by atoms with Crippen molar-refractivity contribution in [1.29, 1.82) is 0 Å². The summed E-state index contributed by atoms with van der Waals surface area (Å²) in [7, 11) is 1.88. The van der Waals surface area contributed by atoms with E-state index in [9.17, 15) is 23.4 Å². The first-order chi connectivity index (χ1) is 12.1. The molecule has 3 rings (SSSR count). The lowest BCUT2D eigenvalue weighted by Gasteiger charge is -2.16. The molecule has 26 heavy (non-hydrogen) atoms. The molecule has 10 heteroatoms. The van der Waals surface area contributed by atoms with Crippen LogP contribution in [0.1, 0.15) is 11.3 Å². The van der Waals surface area contributed by atoms with E-state index < -0.39 is 23.6 Å². The van der Waals surface area contributed by atoms with E-state index >= 15 is 0 Å². The maximum atomic E-state index is 12.7. The highest BCUT2D eigenvalue weighted by Gasteiger charge is 2.32. The van der Waals surface area contributed by atoms with Crippen molar-refractivity contribution in [1.82, 2.24) is 20.1 Å². The number of aliphatic hydroxyl groups excluding tert-OH is 1. The van der Waals surface area contributed by atoms with Gasteiger partial charge in [-0.05, 0) is 32.2 Å². The Kier molecular flexibility index (Phi) is 4.72. The van der Waals surface area contributed by atoms with E-state index in [1.54, 1.807) is 6.92 Å². The van der Waals surface area contributed by atoms with Gasteiger partial charge in [-0.1, -0.05) is 0 Å². The number of nitrogens with zero attached hydrogens (tertiary/aromatic N) is 4. The zero-order chi connectivity index (χ0) is 19.1. The second-order valence-corrected chi connectivity index (χ2v) is 6.34. The van der Waals surface area contributed by atoms with Crippen LogP contribution in [0.5, 0.6) is 5.75 Å². The number of halogens is 3. The lowest BCUT2D eigenvalue weighted by molar-refractivity contribution is -0.137. The van der Waals surface area contributed by atoms with E-state index in [0.29, 0.717) is 24.8 Å². The fourth-order valence-electron chi connectivity index (χ4n) is 2.91. The van der Waals surface area contributed by atoms with E-state index in [4.69, 9.17) is 0 Å². The van der Waals surface area contributed by atoms with Crippen LogP contribution in [0.25, 0.3) is 11.3 Å². The predicted octanol–water partition coefficient (Wildman–Crippen LogP) is 1.66. The molecular formula is C16H18F3N5O2. The van der Waals surface area contributed by atoms with Crippen molar-refractivity contribution in [2.75, 3.05) is 25.5 Å². The Morgan fingerprint density at radius 2 is 1.96 bits per heavy atom. The third-order valence-electron chi connectivity index (χ3n) is 4.23. The summed E-state index contributed by atoms with van der Waals surface area (Å²) < 4.78 is 38.1. The van der Waals surface area contributed by atoms with Gasteiger partial charge in [0.2, 0.25) is 5.95 Å². The maximum Gasteiger partial charge on any atom is 0.416 e. The highest BCUT2D eigenvalue weighted by Crippen LogP contribution is 2.36. The highest BCUT2D eigenvalue weighted by atomic mass is 19.4. The fourth-order valence-corrected chi connectivity index (χ4v) is 2.91. The van der Waals surface area contributed by atoms with Crippen LogP contribution < -0.4 is 5.32 Å². The number of aromatic nitrogens is 3. The van der Waals surface area contributed by atoms with Crippen LogP contribution >= 0.6 is 0 Å². The molecule has 0 unspecified atom stereocenters. The van der Waals surface area contributed by atoms with Crippen molar-refractivity contribution in [2.45, 2.75) is 25.2 Å². The molecule has 140 valence electrons. The monoisotopic (exact) mass is 369 g/mol. The first kappa shape index (κ1) is 18.3. The van der Waals surface area contributed by atoms with Crippen LogP contribution in [-0.4, -0.2) is 62.6 Å². The molecule has 1 saturated heterocycles. The minimum absolute atomic E-state index is 0.114. The number of hydrogen-bond acceptors (Lipinski definition) is 7. The van der Waals surface area contributed by atoms with Crippen molar-refractivity contribution in [3.8, 4) is 17.0 Å². The number of aromatic hydroxyl groups is 1. The van der Waals surface area contributed by atoms with E-state index in [-0.39, 0.29) is 23.2 Å². The number of aryl methyl sites for hydroxylation is 1. The molecule has 0 radical (unpaired) electrons. The summed E-state index contributed by atoms with van der Waals surface area (Å²) in [4.78, 5) is 6.19. The Morgan fingerprint density at radius 1 is 1.23 bits per heavy atom. The molecule has 7 nitrogen and oxygen atoms in total. The molecule has 3 N–H and O–H groups in total. The van der Waals surface area contributed by atoms with Gasteiger partial charge in [0.1, 0.15) is 11.4 Å². The molecule has 0 amide bonds. The Balaban J connectivity index is 1.84. The molecular weight excluding hydrogens is 351 g/mol. The number of hydrogen-bond donors (Lipinski definition) is 3. The number of anilines is 1. The van der Waals surface area contributed by atoms with Gasteiger partial charge in [-0.15, -0.1) is 10.2 Å². The van der Waals surface area contributed by atoms with Crippen LogP contribution in [0.3, 0.4) is 0 Å². The van der Waals surface area contributed by atoms with Gasteiger partial charge >= 0.3 is 6.18 Å². The SMILES string of the molecule is Cc1nc(N[C@@H]2CN(C)C[C@H]2O)nnc1-c1ccc(C(F)(F)F)cc1O. The van der Waals surface area contributed by atoms with E-state index in [1.807, 2.05) is 11.9 Å². The zero-order valence-corrected chi connectivity index (χ0v) is 14.1. The maximum absolute atomic E-state index is 12.7. The fraction of sp³-hybridized carbons (Fsp3) is 0.438. The first-order valence-corrected chi connectivity index (χ1v) is 7.90. The van der Waals surface area contributed by atoms with Gasteiger partial charge in [0.05, 0.1) is 23.4 Å². The molecule has 2 atom stereocenters. The summed E-state index contributed by atoms with van der Waals surface area (Å²) in [6.07, 6.45) is -5.11. The highest BCUT2D eigenvalue weighted by molar-refractivity contribution is 5.69. The lowest BCUT2D eigenvalue weighted by atomic mass is 10.1. The number of likely N-dealkylation sites (N-methyl/N-ethyl adjacent to an activating group) is 1. The van der Waals surface area contributed by atoms with Crippen molar-refractivity contribution < 1.29 is 23.4 Å². The number of nitrogens with one attached hydrogen (secondary N) is 1. The molecule has 1 aliphatic heterocycles. The normalized spacial score (nSPS) is 21.2. The summed E-state index contributed by atoms with van der Waals surface area (Å²) in [6.45, 7) is 2.76. The molecule has 2 heterocycles. The molecule has 0 spiro atoms. The van der Waals surface area contributed by atoms with Crippen molar-refractivity contribution in [2.24, 2.45) is 0 Å².